The number of hydrogen-bond acceptors (Lipinski definition) is 3. The van der Waals surface area contributed by atoms with E-state index < -0.39 is 23.8 Å². The number of carbonyl (C=O) groups is 3. The minimum Gasteiger partial charge on any atom is -0.480 e. The number of nitrogens with zero attached hydrogens (tertiary/aromatic N) is 1. The van der Waals surface area contributed by atoms with Crippen LogP contribution in [-0.4, -0.2) is 38.8 Å². The third-order valence-corrected chi connectivity index (χ3v) is 3.53. The molecule has 0 spiro atoms. The Balaban J connectivity index is 1.95. The predicted octanol–water partition coefficient (Wildman–Crippen LogP) is 1.09. The van der Waals surface area contributed by atoms with Crippen LogP contribution in [0.4, 0.5) is 0 Å². The Morgan fingerprint density at radius 2 is 1.86 bits per heavy atom. The molecular weight excluding hydrogens is 272 g/mol. The molecule has 1 aliphatic heterocycles. The van der Waals surface area contributed by atoms with Gasteiger partial charge in [0, 0.05) is 35.7 Å². The van der Waals surface area contributed by atoms with E-state index in [2.05, 4.69) is 4.98 Å². The van der Waals surface area contributed by atoms with Gasteiger partial charge in [0.2, 0.25) is 0 Å². The first kappa shape index (κ1) is 13.1. The lowest BCUT2D eigenvalue weighted by Crippen LogP contribution is -2.46. The van der Waals surface area contributed by atoms with Crippen molar-refractivity contribution in [3.05, 3.63) is 48.2 Å². The number of aliphatic carboxylic acids is 1. The molecule has 2 N–H and O–H groups in total. The molecule has 2 amide bonds. The average molecular weight is 284 g/mol. The van der Waals surface area contributed by atoms with Crippen molar-refractivity contribution >= 4 is 28.7 Å². The maximum Gasteiger partial charge on any atom is 0.327 e. The molecule has 21 heavy (non-hydrogen) atoms. The van der Waals surface area contributed by atoms with Gasteiger partial charge in [-0.1, -0.05) is 18.2 Å². The summed E-state index contributed by atoms with van der Waals surface area (Å²) in [6.45, 7) is 0. The molecule has 0 unspecified atom stereocenters. The molecule has 0 saturated heterocycles. The fourth-order valence-corrected chi connectivity index (χ4v) is 2.52. The quantitative estimate of drug-likeness (QED) is 0.822. The van der Waals surface area contributed by atoms with Crippen LogP contribution in [0.5, 0.6) is 0 Å². The minimum absolute atomic E-state index is 0.0680. The molecule has 1 aromatic heterocycles. The molecule has 3 rings (SSSR count). The van der Waals surface area contributed by atoms with Crippen LogP contribution >= 0.6 is 0 Å². The summed E-state index contributed by atoms with van der Waals surface area (Å²) in [6.07, 6.45) is 3.96. The number of aromatic nitrogens is 1. The molecule has 0 saturated carbocycles. The number of fused-ring (bicyclic) bond motifs is 1. The summed E-state index contributed by atoms with van der Waals surface area (Å²) in [6, 6.07) is 6.26. The summed E-state index contributed by atoms with van der Waals surface area (Å²) in [4.78, 5) is 38.6. The minimum atomic E-state index is -1.21. The summed E-state index contributed by atoms with van der Waals surface area (Å²) < 4.78 is 0. The van der Waals surface area contributed by atoms with Crippen LogP contribution in [0.1, 0.15) is 5.56 Å². The first-order valence-corrected chi connectivity index (χ1v) is 6.41. The van der Waals surface area contributed by atoms with E-state index >= 15 is 0 Å². The third-order valence-electron chi connectivity index (χ3n) is 3.53. The number of carboxylic acid groups (broad SMARTS) is 1. The van der Waals surface area contributed by atoms with Crippen molar-refractivity contribution in [2.45, 2.75) is 12.5 Å². The molecular formula is C15H12N2O4. The van der Waals surface area contributed by atoms with E-state index in [1.807, 2.05) is 24.3 Å². The smallest absolute Gasteiger partial charge is 0.327 e. The van der Waals surface area contributed by atoms with Crippen LogP contribution in [-0.2, 0) is 20.8 Å². The highest BCUT2D eigenvalue weighted by Crippen LogP contribution is 2.22. The van der Waals surface area contributed by atoms with Gasteiger partial charge in [0.1, 0.15) is 6.04 Å². The van der Waals surface area contributed by atoms with E-state index in [0.717, 1.165) is 33.5 Å². The Bertz CT molecular complexity index is 757. The third kappa shape index (κ3) is 2.20. The van der Waals surface area contributed by atoms with Crippen molar-refractivity contribution in [2.75, 3.05) is 0 Å². The van der Waals surface area contributed by atoms with Crippen LogP contribution < -0.4 is 0 Å². The van der Waals surface area contributed by atoms with Crippen LogP contribution in [0, 0.1) is 0 Å². The average Bonchev–Trinajstić information content (AvgIpc) is 3.01. The van der Waals surface area contributed by atoms with Gasteiger partial charge in [0.25, 0.3) is 11.8 Å². The van der Waals surface area contributed by atoms with Gasteiger partial charge < -0.3 is 10.1 Å². The molecule has 6 heteroatoms. The van der Waals surface area contributed by atoms with Crippen LogP contribution in [0.15, 0.2) is 42.6 Å². The monoisotopic (exact) mass is 284 g/mol. The van der Waals surface area contributed by atoms with Gasteiger partial charge in [-0.15, -0.1) is 0 Å². The van der Waals surface area contributed by atoms with Gasteiger partial charge in [0.05, 0.1) is 0 Å². The number of imide groups is 1. The molecule has 0 fully saturated rings. The van der Waals surface area contributed by atoms with Gasteiger partial charge in [0.15, 0.2) is 0 Å². The first-order valence-electron chi connectivity index (χ1n) is 6.41. The fraction of sp³-hybridized carbons (Fsp3) is 0.133. The normalized spacial score (nSPS) is 15.9. The predicted molar refractivity (Wildman–Crippen MR) is 74.4 cm³/mol. The fourth-order valence-electron chi connectivity index (χ4n) is 2.52. The number of aromatic amines is 1. The maximum atomic E-state index is 11.7. The SMILES string of the molecule is O=C(O)[C@H](Cc1c[nH]c2ccccc12)N1C(=O)C=CC1=O. The number of carboxylic acids is 1. The molecule has 106 valence electrons. The number of H-pyrrole nitrogens is 1. The van der Waals surface area contributed by atoms with E-state index in [1.54, 1.807) is 6.20 Å². The molecule has 0 radical (unpaired) electrons. The number of para-hydroxylation sites is 1. The molecule has 2 aromatic rings. The highest BCUT2D eigenvalue weighted by molar-refractivity contribution is 6.14. The maximum absolute atomic E-state index is 11.7. The Morgan fingerprint density at radius 1 is 1.19 bits per heavy atom. The van der Waals surface area contributed by atoms with Gasteiger partial charge in [-0.3, -0.25) is 14.5 Å². The van der Waals surface area contributed by atoms with Crippen molar-refractivity contribution < 1.29 is 19.5 Å². The molecule has 6 nitrogen and oxygen atoms in total. The molecule has 2 heterocycles. The summed E-state index contributed by atoms with van der Waals surface area (Å²) in [5.74, 6) is -2.38. The van der Waals surface area contributed by atoms with E-state index in [1.165, 1.54) is 0 Å². The summed E-state index contributed by atoms with van der Waals surface area (Å²) >= 11 is 0. The Morgan fingerprint density at radius 3 is 2.52 bits per heavy atom. The zero-order valence-electron chi connectivity index (χ0n) is 10.9. The summed E-state index contributed by atoms with van der Waals surface area (Å²) in [7, 11) is 0. The molecule has 1 aliphatic rings. The molecule has 1 aromatic carbocycles. The Labute approximate surface area is 119 Å². The molecule has 0 aliphatic carbocycles. The van der Waals surface area contributed by atoms with Gasteiger partial charge >= 0.3 is 5.97 Å². The molecule has 1 atom stereocenters. The summed E-state index contributed by atoms with van der Waals surface area (Å²) in [5.41, 5.74) is 1.64. The largest absolute Gasteiger partial charge is 0.480 e. The van der Waals surface area contributed by atoms with Crippen molar-refractivity contribution in [1.29, 1.82) is 0 Å². The van der Waals surface area contributed by atoms with E-state index in [0.29, 0.717) is 0 Å². The number of hydrogen-bond donors (Lipinski definition) is 2. The van der Waals surface area contributed by atoms with E-state index in [9.17, 15) is 19.5 Å². The lowest BCUT2D eigenvalue weighted by molar-refractivity contribution is -0.153. The van der Waals surface area contributed by atoms with Crippen molar-refractivity contribution in [3.63, 3.8) is 0 Å². The second kappa shape index (κ2) is 4.90. The number of benzene rings is 1. The number of nitrogens with one attached hydrogen (secondary N) is 1. The van der Waals surface area contributed by atoms with Crippen LogP contribution in [0.2, 0.25) is 0 Å². The second-order valence-electron chi connectivity index (χ2n) is 4.80. The lowest BCUT2D eigenvalue weighted by Gasteiger charge is -2.22. The molecule has 0 bridgehead atoms. The van der Waals surface area contributed by atoms with E-state index in [4.69, 9.17) is 0 Å². The van der Waals surface area contributed by atoms with E-state index in [-0.39, 0.29) is 6.42 Å². The number of amides is 2. The highest BCUT2D eigenvalue weighted by atomic mass is 16.4. The van der Waals surface area contributed by atoms with Gasteiger partial charge in [-0.25, -0.2) is 4.79 Å². The van der Waals surface area contributed by atoms with Crippen LogP contribution in [0.3, 0.4) is 0 Å². The van der Waals surface area contributed by atoms with Crippen LogP contribution in [0.25, 0.3) is 10.9 Å². The van der Waals surface area contributed by atoms with Gasteiger partial charge in [-0.05, 0) is 11.6 Å². The van der Waals surface area contributed by atoms with Crippen molar-refractivity contribution in [3.8, 4) is 0 Å². The Kier molecular flexibility index (Phi) is 3.06. The second-order valence-corrected chi connectivity index (χ2v) is 4.80. The lowest BCUT2D eigenvalue weighted by atomic mass is 10.0. The zero-order chi connectivity index (χ0) is 15.0. The zero-order valence-corrected chi connectivity index (χ0v) is 10.9. The van der Waals surface area contributed by atoms with Crippen molar-refractivity contribution in [2.24, 2.45) is 0 Å². The topological polar surface area (TPSA) is 90.5 Å². The highest BCUT2D eigenvalue weighted by Gasteiger charge is 2.36. The Hall–Kier alpha value is -2.89. The van der Waals surface area contributed by atoms with Gasteiger partial charge in [-0.2, -0.15) is 0 Å². The summed E-state index contributed by atoms with van der Waals surface area (Å²) in [5, 5.41) is 10.2. The standard InChI is InChI=1S/C15H12N2O4/c18-13-5-6-14(19)17(13)12(15(20)21)7-9-8-16-11-4-2-1-3-10(9)11/h1-6,8,12,16H,7H2,(H,20,21)/t12-/m0/s1. The first-order chi connectivity index (χ1) is 10.1. The van der Waals surface area contributed by atoms with Crippen molar-refractivity contribution in [1.82, 2.24) is 9.88 Å². The number of carbonyl (C=O) groups excluding carboxylic acids is 2. The number of rotatable bonds is 4.